The van der Waals surface area contributed by atoms with Gasteiger partial charge < -0.3 is 15.2 Å². The quantitative estimate of drug-likeness (QED) is 0.376. The van der Waals surface area contributed by atoms with E-state index in [0.717, 1.165) is 48.4 Å². The van der Waals surface area contributed by atoms with Gasteiger partial charge in [0.15, 0.2) is 11.8 Å². The topological polar surface area (TPSA) is 84.9 Å². The van der Waals surface area contributed by atoms with Crippen LogP contribution in [-0.2, 0) is 27.1 Å². The van der Waals surface area contributed by atoms with E-state index in [-0.39, 0.29) is 6.04 Å². The molecule has 28 heavy (non-hydrogen) atoms. The Morgan fingerprint density at radius 1 is 1.21 bits per heavy atom. The number of aryl methyl sites for hydroxylation is 3. The summed E-state index contributed by atoms with van der Waals surface area (Å²) in [5.41, 5.74) is 3.61. The Labute approximate surface area is 172 Å². The molecule has 9 heteroatoms. The summed E-state index contributed by atoms with van der Waals surface area (Å²) in [4.78, 5) is 4.74. The fourth-order valence-corrected chi connectivity index (χ4v) is 3.45. The normalized spacial score (nSPS) is 13.0. The lowest BCUT2D eigenvalue weighted by molar-refractivity contribution is 0.630. The third-order valence-corrected chi connectivity index (χ3v) is 5.63. The number of aromatic nitrogens is 5. The molecule has 1 unspecified atom stereocenters. The first-order chi connectivity index (χ1) is 13.3. The number of nitrogens with one attached hydrogen (secondary N) is 2. The van der Waals surface area contributed by atoms with Crippen molar-refractivity contribution < 1.29 is 0 Å². The maximum Gasteiger partial charge on any atom is 0.191 e. The van der Waals surface area contributed by atoms with Crippen LogP contribution in [-0.4, -0.2) is 55.1 Å². The monoisotopic (exact) mass is 406 g/mol. The van der Waals surface area contributed by atoms with Crippen LogP contribution in [0.2, 0.25) is 0 Å². The van der Waals surface area contributed by atoms with Gasteiger partial charge in [-0.3, -0.25) is 4.68 Å². The molecule has 0 aliphatic rings. The number of nitrogens with zero attached hydrogens (tertiary/aromatic N) is 6. The van der Waals surface area contributed by atoms with Crippen molar-refractivity contribution in [3.63, 3.8) is 0 Å². The van der Waals surface area contributed by atoms with Gasteiger partial charge in [0.1, 0.15) is 12.4 Å². The molecule has 2 aromatic heterocycles. The zero-order valence-electron chi connectivity index (χ0n) is 18.2. The maximum absolute atomic E-state index is 4.74. The van der Waals surface area contributed by atoms with E-state index in [4.69, 9.17) is 4.99 Å². The highest BCUT2D eigenvalue weighted by Gasteiger charge is 2.14. The van der Waals surface area contributed by atoms with Crippen molar-refractivity contribution in [1.82, 2.24) is 35.2 Å². The van der Waals surface area contributed by atoms with E-state index in [1.54, 1.807) is 0 Å². The molecule has 2 N–H and O–H groups in total. The van der Waals surface area contributed by atoms with E-state index in [9.17, 15) is 0 Å². The number of aliphatic imine (C=N–C) groups is 1. The molecule has 0 aliphatic carbocycles. The van der Waals surface area contributed by atoms with Gasteiger partial charge in [-0.05, 0) is 58.1 Å². The summed E-state index contributed by atoms with van der Waals surface area (Å²) in [6, 6.07) is 0.231. The SMILES string of the molecule is CSCCCNC(=NCc1nnc(C)n1C)NC(C)Cc1c(C)nn(C)c1C. The fraction of sp³-hybridized carbons (Fsp3) is 0.684. The molecule has 0 spiro atoms. The van der Waals surface area contributed by atoms with Gasteiger partial charge in [-0.25, -0.2) is 4.99 Å². The standard InChI is InChI=1S/C19H34N8S/c1-13(11-17-14(2)25-27(6)15(17)3)22-19(20-9-8-10-28-7)21-12-18-24-23-16(4)26(18)5/h13H,8-12H2,1-7H3,(H2,20,21,22). The molecule has 1 atom stereocenters. The highest BCUT2D eigenvalue weighted by molar-refractivity contribution is 7.98. The van der Waals surface area contributed by atoms with Crippen LogP contribution >= 0.6 is 11.8 Å². The lowest BCUT2D eigenvalue weighted by Gasteiger charge is -2.19. The van der Waals surface area contributed by atoms with Gasteiger partial charge in [-0.1, -0.05) is 0 Å². The van der Waals surface area contributed by atoms with E-state index in [1.807, 2.05) is 42.0 Å². The largest absolute Gasteiger partial charge is 0.356 e. The van der Waals surface area contributed by atoms with Crippen LogP contribution < -0.4 is 10.6 Å². The van der Waals surface area contributed by atoms with Crippen molar-refractivity contribution in [2.75, 3.05) is 18.6 Å². The van der Waals surface area contributed by atoms with Gasteiger partial charge in [-0.15, -0.1) is 10.2 Å². The lowest BCUT2D eigenvalue weighted by atomic mass is 10.1. The van der Waals surface area contributed by atoms with E-state index in [0.29, 0.717) is 6.54 Å². The highest BCUT2D eigenvalue weighted by atomic mass is 32.2. The minimum Gasteiger partial charge on any atom is -0.356 e. The van der Waals surface area contributed by atoms with Crippen molar-refractivity contribution in [2.45, 2.75) is 53.1 Å². The minimum atomic E-state index is 0.231. The number of hydrogen-bond acceptors (Lipinski definition) is 5. The molecular weight excluding hydrogens is 372 g/mol. The molecule has 2 heterocycles. The molecule has 0 fully saturated rings. The molecule has 2 rings (SSSR count). The molecule has 2 aromatic rings. The van der Waals surface area contributed by atoms with Crippen molar-refractivity contribution in [3.05, 3.63) is 28.6 Å². The molecule has 0 saturated carbocycles. The number of rotatable bonds is 9. The van der Waals surface area contributed by atoms with Crippen molar-refractivity contribution in [1.29, 1.82) is 0 Å². The smallest absolute Gasteiger partial charge is 0.191 e. The Morgan fingerprint density at radius 3 is 2.54 bits per heavy atom. The molecule has 8 nitrogen and oxygen atoms in total. The summed E-state index contributed by atoms with van der Waals surface area (Å²) in [7, 11) is 3.96. The maximum atomic E-state index is 4.74. The van der Waals surface area contributed by atoms with Gasteiger partial charge in [0, 0.05) is 32.4 Å². The molecular formula is C19H34N8S. The van der Waals surface area contributed by atoms with Crippen LogP contribution in [0.15, 0.2) is 4.99 Å². The van der Waals surface area contributed by atoms with Crippen LogP contribution in [0.25, 0.3) is 0 Å². The first-order valence-corrected chi connectivity index (χ1v) is 11.1. The summed E-state index contributed by atoms with van der Waals surface area (Å²) in [6.45, 7) is 9.70. The predicted octanol–water partition coefficient (Wildman–Crippen LogP) is 1.89. The second-order valence-corrected chi connectivity index (χ2v) is 8.17. The Morgan fingerprint density at radius 2 is 1.96 bits per heavy atom. The number of guanidine groups is 1. The van der Waals surface area contributed by atoms with Crippen molar-refractivity contribution >= 4 is 17.7 Å². The van der Waals surface area contributed by atoms with Crippen molar-refractivity contribution in [2.24, 2.45) is 19.1 Å². The zero-order chi connectivity index (χ0) is 20.7. The van der Waals surface area contributed by atoms with Gasteiger partial charge in [0.2, 0.25) is 0 Å². The third kappa shape index (κ3) is 5.98. The third-order valence-electron chi connectivity index (χ3n) is 4.93. The summed E-state index contributed by atoms with van der Waals surface area (Å²) in [5.74, 6) is 3.69. The zero-order valence-corrected chi connectivity index (χ0v) is 19.0. The Hall–Kier alpha value is -2.03. The van der Waals surface area contributed by atoms with Crippen LogP contribution in [0.4, 0.5) is 0 Å². The molecule has 156 valence electrons. The van der Waals surface area contributed by atoms with Gasteiger partial charge in [0.05, 0.1) is 5.69 Å². The Balaban J connectivity index is 2.04. The van der Waals surface area contributed by atoms with Crippen LogP contribution in [0.3, 0.4) is 0 Å². The Kier molecular flexibility index (Phi) is 8.35. The van der Waals surface area contributed by atoms with Gasteiger partial charge in [-0.2, -0.15) is 16.9 Å². The second-order valence-electron chi connectivity index (χ2n) is 7.18. The summed E-state index contributed by atoms with van der Waals surface area (Å²) < 4.78 is 3.92. The molecule has 0 bridgehead atoms. The van der Waals surface area contributed by atoms with E-state index < -0.39 is 0 Å². The van der Waals surface area contributed by atoms with Crippen LogP contribution in [0.5, 0.6) is 0 Å². The van der Waals surface area contributed by atoms with Crippen molar-refractivity contribution in [3.8, 4) is 0 Å². The van der Waals surface area contributed by atoms with E-state index in [2.05, 4.69) is 53.0 Å². The lowest BCUT2D eigenvalue weighted by Crippen LogP contribution is -2.43. The van der Waals surface area contributed by atoms with Crippen LogP contribution in [0, 0.1) is 20.8 Å². The summed E-state index contributed by atoms with van der Waals surface area (Å²) in [6.07, 6.45) is 4.13. The average Bonchev–Trinajstić information content (AvgIpc) is 3.09. The van der Waals surface area contributed by atoms with Gasteiger partial charge >= 0.3 is 0 Å². The summed E-state index contributed by atoms with van der Waals surface area (Å²) >= 11 is 1.86. The minimum absolute atomic E-state index is 0.231. The first-order valence-electron chi connectivity index (χ1n) is 9.71. The molecule has 0 saturated heterocycles. The van der Waals surface area contributed by atoms with E-state index in [1.165, 1.54) is 11.3 Å². The molecule has 0 radical (unpaired) electrons. The number of thioether (sulfide) groups is 1. The molecule has 0 amide bonds. The highest BCUT2D eigenvalue weighted by Crippen LogP contribution is 2.14. The fourth-order valence-electron chi connectivity index (χ4n) is 3.02. The Bertz CT molecular complexity index is 792. The van der Waals surface area contributed by atoms with E-state index >= 15 is 0 Å². The summed E-state index contributed by atoms with van der Waals surface area (Å²) in [5, 5.41) is 19.8. The average molecular weight is 407 g/mol. The van der Waals surface area contributed by atoms with Gasteiger partial charge in [0.25, 0.3) is 0 Å². The predicted molar refractivity (Wildman–Crippen MR) is 117 cm³/mol. The second kappa shape index (κ2) is 10.5. The van der Waals surface area contributed by atoms with Crippen LogP contribution in [0.1, 0.15) is 41.9 Å². The molecule has 0 aliphatic heterocycles. The number of hydrogen-bond donors (Lipinski definition) is 2. The molecule has 0 aromatic carbocycles. The first kappa shape index (κ1) is 22.3.